The Morgan fingerprint density at radius 1 is 1.22 bits per heavy atom. The molecule has 0 spiro atoms. The number of nitrogens with two attached hydrogens (primary N) is 2. The van der Waals surface area contributed by atoms with Gasteiger partial charge in [0.05, 0.1) is 12.8 Å². The fourth-order valence-electron chi connectivity index (χ4n) is 2.01. The monoisotopic (exact) mass is 313 g/mol. The third kappa shape index (κ3) is 4.20. The molecule has 2 aromatic heterocycles. The maximum atomic E-state index is 5.73. The van der Waals surface area contributed by atoms with Crippen molar-refractivity contribution < 1.29 is 4.74 Å². The first-order valence-corrected chi connectivity index (χ1v) is 7.72. The number of nitrogen functional groups attached to an aromatic ring is 1. The molecule has 6 nitrogen and oxygen atoms in total. The number of rotatable bonds is 4. The van der Waals surface area contributed by atoms with E-state index in [1.54, 1.807) is 23.0 Å². The Hall–Kier alpha value is -2.60. The molecule has 3 aromatic rings. The first kappa shape index (κ1) is 16.8. The second kappa shape index (κ2) is 8.14. The number of hydrogen-bond donors (Lipinski definition) is 2. The number of fused-ring (bicyclic) bond motifs is 1. The molecule has 0 aliphatic carbocycles. The van der Waals surface area contributed by atoms with Crippen LogP contribution in [0.4, 0.5) is 5.82 Å². The van der Waals surface area contributed by atoms with E-state index in [1.807, 2.05) is 31.2 Å². The van der Waals surface area contributed by atoms with E-state index in [4.69, 9.17) is 16.2 Å². The summed E-state index contributed by atoms with van der Waals surface area (Å²) >= 11 is 0. The van der Waals surface area contributed by atoms with Crippen molar-refractivity contribution in [3.05, 3.63) is 42.7 Å². The Bertz CT molecular complexity index is 752. The number of benzene rings is 1. The molecule has 0 unspecified atom stereocenters. The second-order valence-electron chi connectivity index (χ2n) is 4.93. The lowest BCUT2D eigenvalue weighted by atomic mass is 10.1. The third-order valence-corrected chi connectivity index (χ3v) is 3.14. The van der Waals surface area contributed by atoms with Crippen LogP contribution in [0.15, 0.2) is 42.7 Å². The van der Waals surface area contributed by atoms with Gasteiger partial charge >= 0.3 is 0 Å². The standard InChI is InChI=1S/C14H14N4O.C3H9N/c1-2-19-11-5-3-4-10(8-11)12-9-16-18-7-6-13(15)17-14(12)18;1-2-3-4/h3-9H,2H2,1H3,(H2,15,17);2-4H2,1H3. The second-order valence-corrected chi connectivity index (χ2v) is 4.93. The average Bonchev–Trinajstić information content (AvgIpc) is 2.98. The number of anilines is 1. The van der Waals surface area contributed by atoms with Crippen LogP contribution in [0.5, 0.6) is 5.75 Å². The fraction of sp³-hybridized carbons (Fsp3) is 0.294. The highest BCUT2D eigenvalue weighted by Crippen LogP contribution is 2.26. The Morgan fingerprint density at radius 2 is 2.00 bits per heavy atom. The van der Waals surface area contributed by atoms with E-state index in [1.165, 1.54) is 0 Å². The number of nitrogens with zero attached hydrogens (tertiary/aromatic N) is 3. The van der Waals surface area contributed by atoms with Gasteiger partial charge in [-0.05, 0) is 43.7 Å². The highest BCUT2D eigenvalue weighted by molar-refractivity contribution is 5.78. The van der Waals surface area contributed by atoms with E-state index >= 15 is 0 Å². The van der Waals surface area contributed by atoms with Gasteiger partial charge in [-0.3, -0.25) is 0 Å². The normalized spacial score (nSPS) is 10.2. The molecule has 0 fully saturated rings. The molecular weight excluding hydrogens is 290 g/mol. The molecular formula is C17H23N5O. The van der Waals surface area contributed by atoms with Crippen molar-refractivity contribution in [2.24, 2.45) is 5.73 Å². The van der Waals surface area contributed by atoms with Crippen molar-refractivity contribution in [2.75, 3.05) is 18.9 Å². The van der Waals surface area contributed by atoms with Crippen LogP contribution in [0.25, 0.3) is 16.8 Å². The maximum Gasteiger partial charge on any atom is 0.165 e. The van der Waals surface area contributed by atoms with Crippen LogP contribution in [0.3, 0.4) is 0 Å². The van der Waals surface area contributed by atoms with Crippen molar-refractivity contribution >= 4 is 11.5 Å². The molecule has 0 radical (unpaired) electrons. The van der Waals surface area contributed by atoms with Crippen molar-refractivity contribution in [1.29, 1.82) is 0 Å². The SMILES string of the molecule is CCCN.CCOc1cccc(-c2cnn3ccc(N)nc23)c1. The lowest BCUT2D eigenvalue weighted by Gasteiger charge is -2.05. The van der Waals surface area contributed by atoms with Gasteiger partial charge in [0.1, 0.15) is 11.6 Å². The minimum atomic E-state index is 0.482. The van der Waals surface area contributed by atoms with Gasteiger partial charge < -0.3 is 16.2 Å². The molecule has 0 bridgehead atoms. The summed E-state index contributed by atoms with van der Waals surface area (Å²) in [5.74, 6) is 1.32. The van der Waals surface area contributed by atoms with Crippen molar-refractivity contribution in [3.63, 3.8) is 0 Å². The topological polar surface area (TPSA) is 91.5 Å². The Balaban J connectivity index is 0.000000433. The maximum absolute atomic E-state index is 5.73. The molecule has 6 heteroatoms. The predicted molar refractivity (Wildman–Crippen MR) is 93.3 cm³/mol. The van der Waals surface area contributed by atoms with Gasteiger partial charge in [0.15, 0.2) is 5.65 Å². The molecule has 0 saturated heterocycles. The highest BCUT2D eigenvalue weighted by Gasteiger charge is 2.09. The molecule has 1 aromatic carbocycles. The largest absolute Gasteiger partial charge is 0.494 e. The summed E-state index contributed by atoms with van der Waals surface area (Å²) < 4.78 is 7.22. The number of hydrogen-bond acceptors (Lipinski definition) is 5. The predicted octanol–water partition coefficient (Wildman–Crippen LogP) is 2.73. The number of aromatic nitrogens is 3. The summed E-state index contributed by atoms with van der Waals surface area (Å²) in [5, 5.41) is 4.27. The zero-order valence-corrected chi connectivity index (χ0v) is 13.6. The summed E-state index contributed by atoms with van der Waals surface area (Å²) in [6.45, 7) is 5.48. The van der Waals surface area contributed by atoms with Crippen LogP contribution < -0.4 is 16.2 Å². The quantitative estimate of drug-likeness (QED) is 0.772. The Labute approximate surface area is 136 Å². The molecule has 0 aliphatic heterocycles. The zero-order valence-electron chi connectivity index (χ0n) is 13.6. The lowest BCUT2D eigenvalue weighted by molar-refractivity contribution is 0.340. The summed E-state index contributed by atoms with van der Waals surface area (Å²) in [4.78, 5) is 4.33. The van der Waals surface area contributed by atoms with Crippen LogP contribution in [0.2, 0.25) is 0 Å². The van der Waals surface area contributed by atoms with Gasteiger partial charge in [0, 0.05) is 11.8 Å². The van der Waals surface area contributed by atoms with Gasteiger partial charge in [0.2, 0.25) is 0 Å². The number of ether oxygens (including phenoxy) is 1. The van der Waals surface area contributed by atoms with Crippen LogP contribution in [-0.2, 0) is 0 Å². The van der Waals surface area contributed by atoms with E-state index in [9.17, 15) is 0 Å². The smallest absolute Gasteiger partial charge is 0.165 e. The van der Waals surface area contributed by atoms with Crippen molar-refractivity contribution in [1.82, 2.24) is 14.6 Å². The van der Waals surface area contributed by atoms with Gasteiger partial charge in [0.25, 0.3) is 0 Å². The minimum Gasteiger partial charge on any atom is -0.494 e. The van der Waals surface area contributed by atoms with E-state index in [-0.39, 0.29) is 0 Å². The van der Waals surface area contributed by atoms with Gasteiger partial charge in [-0.1, -0.05) is 19.1 Å². The minimum absolute atomic E-state index is 0.482. The molecule has 3 rings (SSSR count). The van der Waals surface area contributed by atoms with Crippen LogP contribution >= 0.6 is 0 Å². The molecule has 0 atom stereocenters. The van der Waals surface area contributed by atoms with Crippen molar-refractivity contribution in [3.8, 4) is 16.9 Å². The van der Waals surface area contributed by atoms with Crippen LogP contribution in [-0.4, -0.2) is 27.7 Å². The molecule has 0 saturated carbocycles. The Morgan fingerprint density at radius 3 is 2.70 bits per heavy atom. The first-order valence-electron chi connectivity index (χ1n) is 7.72. The zero-order chi connectivity index (χ0) is 16.7. The molecule has 23 heavy (non-hydrogen) atoms. The average molecular weight is 313 g/mol. The lowest BCUT2D eigenvalue weighted by Crippen LogP contribution is -1.95. The molecule has 2 heterocycles. The first-order chi connectivity index (χ1) is 11.2. The van der Waals surface area contributed by atoms with Crippen molar-refractivity contribution in [2.45, 2.75) is 20.3 Å². The third-order valence-electron chi connectivity index (χ3n) is 3.14. The van der Waals surface area contributed by atoms with Gasteiger partial charge in [-0.25, -0.2) is 9.50 Å². The van der Waals surface area contributed by atoms with Gasteiger partial charge in [-0.15, -0.1) is 0 Å². The molecule has 0 amide bonds. The summed E-state index contributed by atoms with van der Waals surface area (Å²) in [6.07, 6.45) is 4.68. The van der Waals surface area contributed by atoms with Gasteiger partial charge in [-0.2, -0.15) is 5.10 Å². The van der Waals surface area contributed by atoms with E-state index < -0.39 is 0 Å². The molecule has 122 valence electrons. The highest BCUT2D eigenvalue weighted by atomic mass is 16.5. The van der Waals surface area contributed by atoms with E-state index in [0.717, 1.165) is 35.5 Å². The summed E-state index contributed by atoms with van der Waals surface area (Å²) in [7, 11) is 0. The molecule has 4 N–H and O–H groups in total. The van der Waals surface area contributed by atoms with Crippen LogP contribution in [0.1, 0.15) is 20.3 Å². The van der Waals surface area contributed by atoms with E-state index in [2.05, 4.69) is 17.0 Å². The summed E-state index contributed by atoms with van der Waals surface area (Å²) in [6, 6.07) is 9.59. The summed E-state index contributed by atoms with van der Waals surface area (Å²) in [5.41, 5.74) is 13.5. The fourth-order valence-corrected chi connectivity index (χ4v) is 2.01. The van der Waals surface area contributed by atoms with Crippen LogP contribution in [0, 0.1) is 0 Å². The van der Waals surface area contributed by atoms with E-state index in [0.29, 0.717) is 12.4 Å². The molecule has 0 aliphatic rings. The Kier molecular flexibility index (Phi) is 5.94.